The summed E-state index contributed by atoms with van der Waals surface area (Å²) in [6.45, 7) is 4.28. The SMILES string of the molecule is CC1CCCC(C)N1C(=O)c1cccn2ccnc12. The first-order chi connectivity index (χ1) is 9.18. The Balaban J connectivity index is 2.01. The van der Waals surface area contributed by atoms with Crippen LogP contribution in [0.25, 0.3) is 5.65 Å². The maximum absolute atomic E-state index is 12.8. The molecule has 3 heterocycles. The van der Waals surface area contributed by atoms with Crippen molar-refractivity contribution in [2.24, 2.45) is 0 Å². The number of pyridine rings is 1. The molecule has 0 spiro atoms. The fraction of sp³-hybridized carbons (Fsp3) is 0.467. The molecule has 2 unspecified atom stereocenters. The van der Waals surface area contributed by atoms with Gasteiger partial charge < -0.3 is 9.30 Å². The Kier molecular flexibility index (Phi) is 3.01. The molecular formula is C15H19N3O. The summed E-state index contributed by atoms with van der Waals surface area (Å²) in [5.41, 5.74) is 1.45. The number of nitrogens with zero attached hydrogens (tertiary/aromatic N) is 3. The molecule has 100 valence electrons. The van der Waals surface area contributed by atoms with E-state index in [1.54, 1.807) is 6.20 Å². The number of carbonyl (C=O) groups is 1. The van der Waals surface area contributed by atoms with Crippen LogP contribution in [0, 0.1) is 0 Å². The maximum atomic E-state index is 12.8. The predicted molar refractivity (Wildman–Crippen MR) is 74.1 cm³/mol. The van der Waals surface area contributed by atoms with Crippen molar-refractivity contribution in [1.29, 1.82) is 0 Å². The van der Waals surface area contributed by atoms with Gasteiger partial charge in [-0.25, -0.2) is 4.98 Å². The second-order valence-corrected chi connectivity index (χ2v) is 5.42. The number of imidazole rings is 1. The van der Waals surface area contributed by atoms with E-state index < -0.39 is 0 Å². The van der Waals surface area contributed by atoms with Crippen LogP contribution < -0.4 is 0 Å². The van der Waals surface area contributed by atoms with Gasteiger partial charge in [0.15, 0.2) is 0 Å². The molecule has 0 radical (unpaired) electrons. The van der Waals surface area contributed by atoms with Crippen LogP contribution in [0.2, 0.25) is 0 Å². The lowest BCUT2D eigenvalue weighted by Gasteiger charge is -2.39. The van der Waals surface area contributed by atoms with E-state index in [1.165, 1.54) is 6.42 Å². The van der Waals surface area contributed by atoms with Crippen LogP contribution in [-0.4, -0.2) is 32.3 Å². The zero-order valence-corrected chi connectivity index (χ0v) is 11.4. The fourth-order valence-electron chi connectivity index (χ4n) is 3.08. The highest BCUT2D eigenvalue weighted by molar-refractivity contribution is 6.00. The third-order valence-electron chi connectivity index (χ3n) is 4.08. The van der Waals surface area contributed by atoms with Crippen molar-refractivity contribution < 1.29 is 4.79 Å². The largest absolute Gasteiger partial charge is 0.333 e. The van der Waals surface area contributed by atoms with Crippen LogP contribution in [0.3, 0.4) is 0 Å². The second kappa shape index (κ2) is 4.68. The van der Waals surface area contributed by atoms with Crippen LogP contribution in [-0.2, 0) is 0 Å². The number of aromatic nitrogens is 2. The number of hydrogen-bond acceptors (Lipinski definition) is 2. The zero-order valence-electron chi connectivity index (χ0n) is 11.4. The predicted octanol–water partition coefficient (Wildman–Crippen LogP) is 2.74. The molecule has 4 heteroatoms. The van der Waals surface area contributed by atoms with Crippen molar-refractivity contribution in [1.82, 2.24) is 14.3 Å². The van der Waals surface area contributed by atoms with Crippen molar-refractivity contribution >= 4 is 11.6 Å². The molecule has 4 nitrogen and oxygen atoms in total. The van der Waals surface area contributed by atoms with Crippen molar-refractivity contribution in [3.05, 3.63) is 36.3 Å². The van der Waals surface area contributed by atoms with Crippen LogP contribution in [0.1, 0.15) is 43.5 Å². The van der Waals surface area contributed by atoms with E-state index in [-0.39, 0.29) is 5.91 Å². The summed E-state index contributed by atoms with van der Waals surface area (Å²) in [6.07, 6.45) is 8.91. The number of hydrogen-bond donors (Lipinski definition) is 0. The molecule has 1 aliphatic rings. The van der Waals surface area contributed by atoms with E-state index in [4.69, 9.17) is 0 Å². The Morgan fingerprint density at radius 3 is 2.74 bits per heavy atom. The summed E-state index contributed by atoms with van der Waals surface area (Å²) in [6, 6.07) is 4.40. The molecule has 3 rings (SSSR count). The fourth-order valence-corrected chi connectivity index (χ4v) is 3.08. The van der Waals surface area contributed by atoms with Gasteiger partial charge >= 0.3 is 0 Å². The van der Waals surface area contributed by atoms with E-state index in [0.29, 0.717) is 17.6 Å². The van der Waals surface area contributed by atoms with Gasteiger partial charge in [-0.3, -0.25) is 4.79 Å². The summed E-state index contributed by atoms with van der Waals surface area (Å²) in [5.74, 6) is 0.108. The first-order valence-electron chi connectivity index (χ1n) is 6.93. The lowest BCUT2D eigenvalue weighted by atomic mass is 9.96. The lowest BCUT2D eigenvalue weighted by Crippen LogP contribution is -2.47. The quantitative estimate of drug-likeness (QED) is 0.787. The van der Waals surface area contributed by atoms with Gasteiger partial charge in [0.2, 0.25) is 0 Å². The molecule has 0 saturated carbocycles. The Morgan fingerprint density at radius 2 is 2.00 bits per heavy atom. The van der Waals surface area contributed by atoms with Crippen LogP contribution >= 0.6 is 0 Å². The smallest absolute Gasteiger partial charge is 0.258 e. The minimum Gasteiger partial charge on any atom is -0.333 e. The summed E-state index contributed by atoms with van der Waals surface area (Å²) < 4.78 is 1.90. The second-order valence-electron chi connectivity index (χ2n) is 5.42. The number of carbonyl (C=O) groups excluding carboxylic acids is 1. The highest BCUT2D eigenvalue weighted by atomic mass is 16.2. The summed E-state index contributed by atoms with van der Waals surface area (Å²) in [5, 5.41) is 0. The minimum absolute atomic E-state index is 0.108. The van der Waals surface area contributed by atoms with Gasteiger partial charge in [0, 0.05) is 30.7 Å². The number of amides is 1. The standard InChI is InChI=1S/C15H19N3O/c1-11-5-3-6-12(2)18(11)15(19)13-7-4-9-17-10-8-16-14(13)17/h4,7-12H,3,5-6H2,1-2H3. The van der Waals surface area contributed by atoms with E-state index in [0.717, 1.165) is 18.5 Å². The van der Waals surface area contributed by atoms with Gasteiger partial charge in [-0.1, -0.05) is 0 Å². The summed E-state index contributed by atoms with van der Waals surface area (Å²) >= 11 is 0. The van der Waals surface area contributed by atoms with Crippen molar-refractivity contribution in [2.75, 3.05) is 0 Å². The van der Waals surface area contributed by atoms with Gasteiger partial charge in [0.1, 0.15) is 5.65 Å². The zero-order chi connectivity index (χ0) is 13.4. The number of piperidine rings is 1. The Labute approximate surface area is 113 Å². The van der Waals surface area contributed by atoms with E-state index >= 15 is 0 Å². The van der Waals surface area contributed by atoms with Gasteiger partial charge in [-0.15, -0.1) is 0 Å². The topological polar surface area (TPSA) is 37.6 Å². The van der Waals surface area contributed by atoms with Gasteiger partial charge in [0.05, 0.1) is 5.56 Å². The average molecular weight is 257 g/mol. The van der Waals surface area contributed by atoms with E-state index in [1.807, 2.05) is 33.8 Å². The third-order valence-corrected chi connectivity index (χ3v) is 4.08. The van der Waals surface area contributed by atoms with Crippen LogP contribution in [0.4, 0.5) is 0 Å². The monoisotopic (exact) mass is 257 g/mol. The van der Waals surface area contributed by atoms with Crippen molar-refractivity contribution in [3.63, 3.8) is 0 Å². The molecule has 0 aromatic carbocycles. The maximum Gasteiger partial charge on any atom is 0.258 e. The summed E-state index contributed by atoms with van der Waals surface area (Å²) in [7, 11) is 0. The molecule has 0 aliphatic carbocycles. The molecule has 2 aromatic heterocycles. The Morgan fingerprint density at radius 1 is 1.26 bits per heavy atom. The Hall–Kier alpha value is -1.84. The number of likely N-dealkylation sites (tertiary alicyclic amines) is 1. The number of fused-ring (bicyclic) bond motifs is 1. The number of rotatable bonds is 1. The lowest BCUT2D eigenvalue weighted by molar-refractivity contribution is 0.0512. The van der Waals surface area contributed by atoms with E-state index in [2.05, 4.69) is 18.8 Å². The summed E-state index contributed by atoms with van der Waals surface area (Å²) in [4.78, 5) is 19.1. The van der Waals surface area contributed by atoms with E-state index in [9.17, 15) is 4.79 Å². The molecule has 0 bridgehead atoms. The molecule has 1 aliphatic heterocycles. The molecule has 1 fully saturated rings. The van der Waals surface area contributed by atoms with Crippen LogP contribution in [0.5, 0.6) is 0 Å². The minimum atomic E-state index is 0.108. The van der Waals surface area contributed by atoms with Crippen molar-refractivity contribution in [3.8, 4) is 0 Å². The highest BCUT2D eigenvalue weighted by Gasteiger charge is 2.30. The highest BCUT2D eigenvalue weighted by Crippen LogP contribution is 2.25. The molecule has 2 aromatic rings. The van der Waals surface area contributed by atoms with Gasteiger partial charge in [-0.2, -0.15) is 0 Å². The normalized spacial score (nSPS) is 23.8. The van der Waals surface area contributed by atoms with Crippen molar-refractivity contribution in [2.45, 2.75) is 45.2 Å². The molecule has 19 heavy (non-hydrogen) atoms. The molecule has 2 atom stereocenters. The van der Waals surface area contributed by atoms with Gasteiger partial charge in [-0.05, 0) is 45.2 Å². The average Bonchev–Trinajstić information content (AvgIpc) is 2.86. The molecule has 1 amide bonds. The first kappa shape index (κ1) is 12.2. The van der Waals surface area contributed by atoms with Crippen LogP contribution in [0.15, 0.2) is 30.7 Å². The molecular weight excluding hydrogens is 238 g/mol. The Bertz CT molecular complexity index is 594. The first-order valence-corrected chi connectivity index (χ1v) is 6.93. The third kappa shape index (κ3) is 2.01. The molecule has 0 N–H and O–H groups in total. The molecule has 1 saturated heterocycles. The van der Waals surface area contributed by atoms with Gasteiger partial charge in [0.25, 0.3) is 5.91 Å².